The zero-order valence-electron chi connectivity index (χ0n) is 11.3. The minimum absolute atomic E-state index is 0.302. The Hall–Kier alpha value is -2.02. The lowest BCUT2D eigenvalue weighted by Gasteiger charge is -2.06. The number of amides is 2. The predicted octanol–water partition coefficient (Wildman–Crippen LogP) is 2.81. The Bertz CT molecular complexity index is 568. The van der Waals surface area contributed by atoms with Crippen molar-refractivity contribution in [2.75, 3.05) is 11.1 Å². The number of nitrogens with one attached hydrogen (secondary N) is 2. The number of hydrogen-bond donors (Lipinski definition) is 2. The molecule has 0 aliphatic carbocycles. The van der Waals surface area contributed by atoms with Gasteiger partial charge in [0.25, 0.3) is 0 Å². The Morgan fingerprint density at radius 3 is 2.90 bits per heavy atom. The molecule has 0 aromatic carbocycles. The quantitative estimate of drug-likeness (QED) is 0.828. The van der Waals surface area contributed by atoms with Crippen LogP contribution in [0.3, 0.4) is 0 Å². The Kier molecular flexibility index (Phi) is 5.00. The van der Waals surface area contributed by atoms with Crippen LogP contribution >= 0.6 is 11.8 Å². The average Bonchev–Trinajstić information content (AvgIpc) is 2.85. The zero-order chi connectivity index (χ0) is 14.4. The Labute approximate surface area is 121 Å². The highest BCUT2D eigenvalue weighted by atomic mass is 32.2. The first-order valence-corrected chi connectivity index (χ1v) is 7.22. The normalized spacial score (nSPS) is 10.3. The van der Waals surface area contributed by atoms with Crippen molar-refractivity contribution >= 4 is 23.5 Å². The molecular formula is C13H16N4O2S. The number of anilines is 1. The second kappa shape index (κ2) is 6.95. The number of urea groups is 1. The third-order valence-corrected chi connectivity index (χ3v) is 3.22. The molecule has 0 unspecified atom stereocenters. The summed E-state index contributed by atoms with van der Waals surface area (Å²) >= 11 is 1.65. The SMILES string of the molecule is CCSc1ccc(NC(=O)NCc2cc(C)on2)cn1. The molecule has 0 aliphatic heterocycles. The van der Waals surface area contributed by atoms with E-state index in [4.69, 9.17) is 4.52 Å². The topological polar surface area (TPSA) is 80.0 Å². The minimum Gasteiger partial charge on any atom is -0.361 e. The van der Waals surface area contributed by atoms with Crippen LogP contribution in [0.15, 0.2) is 33.9 Å². The average molecular weight is 292 g/mol. The maximum Gasteiger partial charge on any atom is 0.319 e. The number of rotatable bonds is 5. The van der Waals surface area contributed by atoms with E-state index in [1.807, 2.05) is 12.1 Å². The lowest BCUT2D eigenvalue weighted by atomic mass is 10.4. The summed E-state index contributed by atoms with van der Waals surface area (Å²) in [6.45, 7) is 4.19. The number of pyridine rings is 1. The predicted molar refractivity (Wildman–Crippen MR) is 77.7 cm³/mol. The van der Waals surface area contributed by atoms with Gasteiger partial charge < -0.3 is 15.2 Å². The first-order valence-electron chi connectivity index (χ1n) is 6.23. The molecule has 2 rings (SSSR count). The molecule has 7 heteroatoms. The number of thioether (sulfide) groups is 1. The van der Waals surface area contributed by atoms with Crippen LogP contribution in [0.2, 0.25) is 0 Å². The van der Waals surface area contributed by atoms with E-state index in [1.165, 1.54) is 0 Å². The first-order chi connectivity index (χ1) is 9.67. The number of carbonyl (C=O) groups excluding carboxylic acids is 1. The first kappa shape index (κ1) is 14.4. The van der Waals surface area contributed by atoms with Gasteiger partial charge in [-0.2, -0.15) is 0 Å². The highest BCUT2D eigenvalue weighted by Crippen LogP contribution is 2.16. The van der Waals surface area contributed by atoms with Gasteiger partial charge in [0.1, 0.15) is 11.5 Å². The molecule has 2 aromatic heterocycles. The molecule has 2 aromatic rings. The molecule has 0 saturated heterocycles. The van der Waals surface area contributed by atoms with Gasteiger partial charge in [-0.15, -0.1) is 11.8 Å². The highest BCUT2D eigenvalue weighted by molar-refractivity contribution is 7.99. The van der Waals surface area contributed by atoms with Crippen molar-refractivity contribution in [2.45, 2.75) is 25.4 Å². The van der Waals surface area contributed by atoms with E-state index in [0.717, 1.165) is 16.5 Å². The summed E-state index contributed by atoms with van der Waals surface area (Å²) in [7, 11) is 0. The number of aryl methyl sites for hydroxylation is 1. The van der Waals surface area contributed by atoms with E-state index in [-0.39, 0.29) is 6.03 Å². The van der Waals surface area contributed by atoms with E-state index in [2.05, 4.69) is 27.7 Å². The van der Waals surface area contributed by atoms with Crippen LogP contribution in [0, 0.1) is 6.92 Å². The van der Waals surface area contributed by atoms with Crippen molar-refractivity contribution in [3.63, 3.8) is 0 Å². The number of nitrogens with zero attached hydrogens (tertiary/aromatic N) is 2. The molecule has 2 N–H and O–H groups in total. The fourth-order valence-electron chi connectivity index (χ4n) is 1.53. The Balaban J connectivity index is 1.81. The highest BCUT2D eigenvalue weighted by Gasteiger charge is 2.05. The Morgan fingerprint density at radius 1 is 1.45 bits per heavy atom. The molecule has 2 amide bonds. The third kappa shape index (κ3) is 4.27. The van der Waals surface area contributed by atoms with Gasteiger partial charge >= 0.3 is 6.03 Å². The number of carbonyl (C=O) groups is 1. The van der Waals surface area contributed by atoms with E-state index in [1.54, 1.807) is 30.9 Å². The Morgan fingerprint density at radius 2 is 2.30 bits per heavy atom. The van der Waals surface area contributed by atoms with Gasteiger partial charge in [-0.25, -0.2) is 9.78 Å². The second-order valence-corrected chi connectivity index (χ2v) is 5.34. The van der Waals surface area contributed by atoms with Gasteiger partial charge in [-0.3, -0.25) is 0 Å². The summed E-state index contributed by atoms with van der Waals surface area (Å²) in [4.78, 5) is 15.9. The van der Waals surface area contributed by atoms with E-state index in [0.29, 0.717) is 17.9 Å². The summed E-state index contributed by atoms with van der Waals surface area (Å²) in [5.41, 5.74) is 1.34. The van der Waals surface area contributed by atoms with Gasteiger partial charge in [-0.05, 0) is 24.8 Å². The van der Waals surface area contributed by atoms with Gasteiger partial charge in [-0.1, -0.05) is 12.1 Å². The lowest BCUT2D eigenvalue weighted by Crippen LogP contribution is -2.28. The maximum absolute atomic E-state index is 11.7. The summed E-state index contributed by atoms with van der Waals surface area (Å²) in [6.07, 6.45) is 1.64. The molecule has 0 bridgehead atoms. The van der Waals surface area contributed by atoms with Crippen LogP contribution in [0.1, 0.15) is 18.4 Å². The van der Waals surface area contributed by atoms with Gasteiger partial charge in [0.2, 0.25) is 0 Å². The number of hydrogen-bond acceptors (Lipinski definition) is 5. The largest absolute Gasteiger partial charge is 0.361 e. The molecule has 0 radical (unpaired) electrons. The zero-order valence-corrected chi connectivity index (χ0v) is 12.2. The molecule has 0 spiro atoms. The molecule has 0 atom stereocenters. The fraction of sp³-hybridized carbons (Fsp3) is 0.308. The smallest absolute Gasteiger partial charge is 0.319 e. The minimum atomic E-state index is -0.302. The van der Waals surface area contributed by atoms with E-state index >= 15 is 0 Å². The van der Waals surface area contributed by atoms with Crippen LogP contribution < -0.4 is 10.6 Å². The van der Waals surface area contributed by atoms with Crippen molar-refractivity contribution in [1.29, 1.82) is 0 Å². The van der Waals surface area contributed by atoms with Crippen LogP contribution in [0.5, 0.6) is 0 Å². The maximum atomic E-state index is 11.7. The van der Waals surface area contributed by atoms with Crippen molar-refractivity contribution in [3.05, 3.63) is 35.9 Å². The third-order valence-electron chi connectivity index (χ3n) is 2.39. The molecule has 20 heavy (non-hydrogen) atoms. The molecule has 0 saturated carbocycles. The summed E-state index contributed by atoms with van der Waals surface area (Å²) < 4.78 is 4.92. The van der Waals surface area contributed by atoms with Crippen molar-refractivity contribution < 1.29 is 9.32 Å². The summed E-state index contributed by atoms with van der Waals surface area (Å²) in [6, 6.07) is 5.18. The molecule has 0 aliphatic rings. The van der Waals surface area contributed by atoms with Crippen molar-refractivity contribution in [3.8, 4) is 0 Å². The van der Waals surface area contributed by atoms with Crippen LogP contribution in [0.4, 0.5) is 10.5 Å². The second-order valence-electron chi connectivity index (χ2n) is 4.05. The molecular weight excluding hydrogens is 276 g/mol. The van der Waals surface area contributed by atoms with Gasteiger partial charge in [0, 0.05) is 6.07 Å². The fourth-order valence-corrected chi connectivity index (χ4v) is 2.12. The summed E-state index contributed by atoms with van der Waals surface area (Å²) in [5, 5.41) is 10.1. The van der Waals surface area contributed by atoms with E-state index < -0.39 is 0 Å². The number of aromatic nitrogens is 2. The molecule has 106 valence electrons. The van der Waals surface area contributed by atoms with Crippen molar-refractivity contribution in [2.24, 2.45) is 0 Å². The summed E-state index contributed by atoms with van der Waals surface area (Å²) in [5.74, 6) is 1.69. The lowest BCUT2D eigenvalue weighted by molar-refractivity contribution is 0.251. The van der Waals surface area contributed by atoms with Crippen LogP contribution in [0.25, 0.3) is 0 Å². The van der Waals surface area contributed by atoms with Gasteiger partial charge in [0.15, 0.2) is 0 Å². The molecule has 6 nitrogen and oxygen atoms in total. The monoisotopic (exact) mass is 292 g/mol. The molecule has 2 heterocycles. The molecule has 0 fully saturated rings. The van der Waals surface area contributed by atoms with E-state index in [9.17, 15) is 4.79 Å². The van der Waals surface area contributed by atoms with Crippen LogP contribution in [-0.2, 0) is 6.54 Å². The van der Waals surface area contributed by atoms with Crippen molar-refractivity contribution in [1.82, 2.24) is 15.5 Å². The standard InChI is InChI=1S/C13H16N4O2S/c1-3-20-12-5-4-10(7-14-12)16-13(18)15-8-11-6-9(2)19-17-11/h4-7H,3,8H2,1-2H3,(H2,15,16,18). The van der Waals surface area contributed by atoms with Crippen LogP contribution in [-0.4, -0.2) is 21.9 Å². The van der Waals surface area contributed by atoms with Gasteiger partial charge in [0.05, 0.1) is 23.5 Å².